The van der Waals surface area contributed by atoms with Crippen LogP contribution in [0.3, 0.4) is 0 Å². The third-order valence-electron chi connectivity index (χ3n) is 13.0. The van der Waals surface area contributed by atoms with Crippen molar-refractivity contribution < 1.29 is 111 Å². The van der Waals surface area contributed by atoms with E-state index in [1.165, 1.54) is 5.56 Å². The molecule has 0 aliphatic carbocycles. The van der Waals surface area contributed by atoms with Gasteiger partial charge in [0.15, 0.2) is 46.0 Å². The van der Waals surface area contributed by atoms with Gasteiger partial charge in [-0.1, -0.05) is 29.4 Å². The topological polar surface area (TPSA) is 307 Å². The predicted octanol–water partition coefficient (Wildman–Crippen LogP) is 8.51. The summed E-state index contributed by atoms with van der Waals surface area (Å²) >= 11 is 0. The molecular formula is C64H96N5NaO17. The minimum atomic E-state index is -0.513. The molecule has 0 unspecified atom stereocenters. The Bertz CT molecular complexity index is 2650. The van der Waals surface area contributed by atoms with Crippen LogP contribution in [0.2, 0.25) is 0 Å². The first kappa shape index (κ1) is 80.3. The Balaban J connectivity index is 0.00000113. The number of methoxy groups -OCH3 is 8. The Morgan fingerprint density at radius 1 is 0.563 bits per heavy atom. The number of azide groups is 1. The number of carbonyl (C=O) groups is 4. The fraction of sp³-hybridized carbons (Fsp3) is 0.562. The van der Waals surface area contributed by atoms with Crippen molar-refractivity contribution in [2.75, 3.05) is 83.1 Å². The van der Waals surface area contributed by atoms with Crippen LogP contribution < -0.4 is 78.5 Å². The zero-order chi connectivity index (χ0) is 63.9. The summed E-state index contributed by atoms with van der Waals surface area (Å²) < 4.78 is 57.9. The van der Waals surface area contributed by atoms with Crippen LogP contribution in [0, 0.1) is 0 Å². The van der Waals surface area contributed by atoms with E-state index in [2.05, 4.69) is 15.3 Å². The van der Waals surface area contributed by atoms with E-state index in [9.17, 15) is 24.3 Å². The maximum absolute atomic E-state index is 11.9. The van der Waals surface area contributed by atoms with E-state index >= 15 is 0 Å². The molecule has 480 valence electrons. The average Bonchev–Trinajstić information content (AvgIpc) is 3.23. The monoisotopic (exact) mass is 1230 g/mol. The van der Waals surface area contributed by atoms with E-state index < -0.39 is 16.8 Å². The molecule has 0 radical (unpaired) electrons. The van der Waals surface area contributed by atoms with Gasteiger partial charge in [-0.3, -0.25) is 19.2 Å². The number of benzene rings is 4. The number of ether oxygens (including phenoxy) is 11. The van der Waals surface area contributed by atoms with Crippen LogP contribution in [-0.4, -0.2) is 134 Å². The molecule has 87 heavy (non-hydrogen) atoms. The molecule has 5 rings (SSSR count). The molecule has 4 aromatic carbocycles. The van der Waals surface area contributed by atoms with E-state index in [4.69, 9.17) is 63.4 Å². The summed E-state index contributed by atoms with van der Waals surface area (Å²) in [5, 5.41) is 16.1. The fourth-order valence-corrected chi connectivity index (χ4v) is 8.78. The molecule has 4 aromatic rings. The van der Waals surface area contributed by atoms with Crippen LogP contribution >= 0.6 is 0 Å². The number of rotatable bonds is 25. The van der Waals surface area contributed by atoms with Gasteiger partial charge < -0.3 is 73.7 Å². The predicted molar refractivity (Wildman–Crippen MR) is 329 cm³/mol. The van der Waals surface area contributed by atoms with Crippen molar-refractivity contribution in [2.45, 2.75) is 154 Å². The molecule has 0 spiro atoms. The first-order valence-electron chi connectivity index (χ1n) is 28.3. The zero-order valence-electron chi connectivity index (χ0n) is 54.7. The molecule has 0 saturated carbocycles. The molecule has 4 atom stereocenters. The number of aliphatic hydroxyl groups is 1. The van der Waals surface area contributed by atoms with Gasteiger partial charge >= 0.3 is 47.5 Å². The number of amides is 1. The van der Waals surface area contributed by atoms with Crippen molar-refractivity contribution in [1.82, 2.24) is 5.32 Å². The quantitative estimate of drug-likeness (QED) is 0.0140. The van der Waals surface area contributed by atoms with Crippen LogP contribution in [-0.2, 0) is 33.4 Å². The van der Waals surface area contributed by atoms with Gasteiger partial charge in [-0.15, -0.1) is 0 Å². The molecule has 0 bridgehead atoms. The van der Waals surface area contributed by atoms with Crippen LogP contribution in [0.5, 0.6) is 46.0 Å². The van der Waals surface area contributed by atoms with E-state index in [1.54, 1.807) is 69.0 Å². The maximum atomic E-state index is 11.9. The Morgan fingerprint density at radius 3 is 1.22 bits per heavy atom. The average molecular weight is 1230 g/mol. The Morgan fingerprint density at radius 2 is 0.897 bits per heavy atom. The van der Waals surface area contributed by atoms with Gasteiger partial charge in [0.25, 0.3) is 0 Å². The number of piperidine rings is 1. The van der Waals surface area contributed by atoms with Gasteiger partial charge in [-0.25, -0.2) is 0 Å². The van der Waals surface area contributed by atoms with Gasteiger partial charge in [-0.2, -0.15) is 0 Å². The number of nitrogens with one attached hydrogen (secondary N) is 1. The van der Waals surface area contributed by atoms with Gasteiger partial charge in [0, 0.05) is 62.1 Å². The second kappa shape index (κ2) is 40.7. The summed E-state index contributed by atoms with van der Waals surface area (Å²) in [7, 11) is 12.7. The van der Waals surface area contributed by atoms with E-state index in [-0.39, 0.29) is 103 Å². The molecule has 1 heterocycles. The van der Waals surface area contributed by atoms with Crippen molar-refractivity contribution in [3.05, 3.63) is 105 Å². The maximum Gasteiger partial charge on any atom is 1.00 e. The van der Waals surface area contributed by atoms with Gasteiger partial charge in [-0.05, 0) is 183 Å². The van der Waals surface area contributed by atoms with Gasteiger partial charge in [0.2, 0.25) is 5.91 Å². The van der Waals surface area contributed by atoms with Crippen LogP contribution in [0.4, 0.5) is 0 Å². The summed E-state index contributed by atoms with van der Waals surface area (Å²) in [5.74, 6) is 4.87. The Hall–Kier alpha value is -6.65. The third kappa shape index (κ3) is 30.2. The summed E-state index contributed by atoms with van der Waals surface area (Å²) in [6.45, 7) is 18.0. The summed E-state index contributed by atoms with van der Waals surface area (Å²) in [5.41, 5.74) is 17.0. The standard InChI is InChI=1S/C17H25N3O4.C17H27NO4.C17H26O5.C13H17NO3.Na.H2O/c1-17(2,3)24-16(21)9-7-13(11-19-20-18)12-6-8-14(22-4)15(10-12)23-5;2*1-17(2,3)22-16(19)9-7-13(11-18)12-6-8-14(20-4)15(10-12)21-5;1-16-11-5-3-9(7-12(11)17-2)10-4-6-13(15)14-8-10;;/h6,8,10,13H,7,9,11H2,1-5H3;6,8,10,13H,7,9,11,18H2,1-5H3;6,8,10,13,18H,7,9,11H2,1-5H3;3,5,7,10H,4,6,8H2,1-2H3,(H,14,15);;1H2/q;;;;+1;/p-1/t3*13-;10-;;/m1111../s1. The third-order valence-corrected chi connectivity index (χ3v) is 13.0. The van der Waals surface area contributed by atoms with Crippen molar-refractivity contribution >= 4 is 23.8 Å². The largest absolute Gasteiger partial charge is 1.00 e. The molecule has 23 heteroatoms. The molecule has 0 aromatic heterocycles. The normalized spacial score (nSPS) is 13.6. The number of hydrogen-bond donors (Lipinski definition) is 3. The van der Waals surface area contributed by atoms with Crippen LogP contribution in [0.25, 0.3) is 10.4 Å². The van der Waals surface area contributed by atoms with E-state index in [1.807, 2.05) is 123 Å². The van der Waals surface area contributed by atoms with Gasteiger partial charge in [0.05, 0.1) is 56.9 Å². The van der Waals surface area contributed by atoms with E-state index in [0.717, 1.165) is 34.6 Å². The smallest absolute Gasteiger partial charge is 0.870 e. The van der Waals surface area contributed by atoms with Gasteiger partial charge in [0.1, 0.15) is 16.8 Å². The first-order chi connectivity index (χ1) is 40.1. The summed E-state index contributed by atoms with van der Waals surface area (Å²) in [6.07, 6.45) is 4.01. The van der Waals surface area contributed by atoms with E-state index in [0.29, 0.717) is 85.6 Å². The minimum Gasteiger partial charge on any atom is -0.870 e. The number of hydrogen-bond acceptors (Lipinski definition) is 19. The van der Waals surface area contributed by atoms with Crippen molar-refractivity contribution in [3.8, 4) is 46.0 Å². The minimum absolute atomic E-state index is 0. The number of esters is 3. The van der Waals surface area contributed by atoms with Crippen molar-refractivity contribution in [3.63, 3.8) is 0 Å². The summed E-state index contributed by atoms with van der Waals surface area (Å²) in [6, 6.07) is 22.7. The molecule has 1 aliphatic heterocycles. The van der Waals surface area contributed by atoms with Crippen LogP contribution in [0.15, 0.2) is 77.9 Å². The zero-order valence-corrected chi connectivity index (χ0v) is 56.7. The Kier molecular flexibility index (Phi) is 37.6. The second-order valence-corrected chi connectivity index (χ2v) is 22.8. The molecular weight excluding hydrogens is 1130 g/mol. The molecule has 1 amide bonds. The number of aliphatic hydroxyl groups excluding tert-OH is 1. The number of nitrogens with two attached hydrogens (primary N) is 1. The first-order valence-corrected chi connectivity index (χ1v) is 28.3. The molecule has 22 nitrogen and oxygen atoms in total. The van der Waals surface area contributed by atoms with Crippen molar-refractivity contribution in [1.29, 1.82) is 0 Å². The summed E-state index contributed by atoms with van der Waals surface area (Å²) in [4.78, 5) is 49.5. The SMILES string of the molecule is COc1ccc([C@@H](CN)CCC(=O)OC(C)(C)C)cc1OC.COc1ccc([C@@H](CO)CCC(=O)OC(C)(C)C)cc1OC.COc1ccc([C@@H]2CCC(=O)NC2)cc1OC.COc1ccc([C@H](CCC(=O)OC(C)(C)C)CN=[N+]=[N-])cc1OC.[Na+].[OH-]. The fourth-order valence-electron chi connectivity index (χ4n) is 8.78. The number of carbonyl (C=O) groups excluding carboxylic acids is 4. The molecule has 1 saturated heterocycles. The molecule has 5 N–H and O–H groups in total. The molecule has 1 aliphatic rings. The number of nitrogens with zero attached hydrogens (tertiary/aromatic N) is 3. The molecule has 1 fully saturated rings. The Labute approximate surface area is 537 Å². The van der Waals surface area contributed by atoms with Crippen molar-refractivity contribution in [2.24, 2.45) is 10.8 Å². The second-order valence-electron chi connectivity index (χ2n) is 22.8. The van der Waals surface area contributed by atoms with Crippen LogP contribution in [0.1, 0.15) is 160 Å².